The first-order valence-corrected chi connectivity index (χ1v) is 2.10. The Labute approximate surface area is 56.7 Å². The summed E-state index contributed by atoms with van der Waals surface area (Å²) in [7, 11) is 0. The number of nitrogens with two attached hydrogens (primary N) is 2. The molecule has 0 bridgehead atoms. The minimum Gasteiger partial charge on any atom is -0.478 e. The van der Waals surface area contributed by atoms with Crippen LogP contribution < -0.4 is 11.7 Å². The molecule has 6 heteroatoms. The van der Waals surface area contributed by atoms with E-state index in [2.05, 4.69) is 11.7 Å². The summed E-state index contributed by atoms with van der Waals surface area (Å²) in [4.78, 5) is 19.1. The van der Waals surface area contributed by atoms with Crippen LogP contribution in [-0.2, 0) is 9.59 Å². The molecule has 0 aromatic heterocycles. The molecule has 0 spiro atoms. The summed E-state index contributed by atoms with van der Waals surface area (Å²) < 4.78 is 0. The fourth-order valence-corrected chi connectivity index (χ4v) is 0.143. The van der Waals surface area contributed by atoms with Crippen molar-refractivity contribution in [1.82, 2.24) is 0 Å². The van der Waals surface area contributed by atoms with Crippen LogP contribution in [0.5, 0.6) is 0 Å². The van der Waals surface area contributed by atoms with E-state index in [4.69, 9.17) is 10.2 Å². The Morgan fingerprint density at radius 3 is 1.30 bits per heavy atom. The van der Waals surface area contributed by atoms with Gasteiger partial charge < -0.3 is 10.2 Å². The topological polar surface area (TPSA) is 127 Å². The molecule has 0 amide bonds. The fraction of sp³-hybridized carbons (Fsp3) is 0. The molecule has 0 rings (SSSR count). The first-order chi connectivity index (χ1) is 4.63. The molecule has 0 atom stereocenters. The number of hydrazine groups is 1. The lowest BCUT2D eigenvalue weighted by Crippen LogP contribution is -2.02. The summed E-state index contributed by atoms with van der Waals surface area (Å²) in [6.07, 6.45) is 1.12. The third-order valence-electron chi connectivity index (χ3n) is 0.368. The molecule has 0 radical (unpaired) electrons. The number of carboxylic acid groups (broad SMARTS) is 2. The van der Waals surface area contributed by atoms with Gasteiger partial charge >= 0.3 is 11.9 Å². The maximum Gasteiger partial charge on any atom is 0.328 e. The van der Waals surface area contributed by atoms with E-state index in [1.54, 1.807) is 0 Å². The molecule has 0 unspecified atom stereocenters. The van der Waals surface area contributed by atoms with Gasteiger partial charge in [-0.3, -0.25) is 11.7 Å². The van der Waals surface area contributed by atoms with Gasteiger partial charge in [-0.05, 0) is 0 Å². The molecule has 6 nitrogen and oxygen atoms in total. The van der Waals surface area contributed by atoms with Crippen molar-refractivity contribution in [3.8, 4) is 0 Å². The molecule has 0 saturated carbocycles. The summed E-state index contributed by atoms with van der Waals surface area (Å²) in [5, 5.41) is 15.6. The average Bonchev–Trinajstić information content (AvgIpc) is 1.89. The van der Waals surface area contributed by atoms with Crippen molar-refractivity contribution in [2.45, 2.75) is 0 Å². The van der Waals surface area contributed by atoms with E-state index in [0.717, 1.165) is 0 Å². The second kappa shape index (κ2) is 7.60. The lowest BCUT2D eigenvalue weighted by Gasteiger charge is -1.74. The zero-order valence-electron chi connectivity index (χ0n) is 5.02. The predicted molar refractivity (Wildman–Crippen MR) is 32.8 cm³/mol. The third-order valence-corrected chi connectivity index (χ3v) is 0.368. The van der Waals surface area contributed by atoms with Gasteiger partial charge in [0.1, 0.15) is 0 Å². The molecule has 0 aliphatic rings. The van der Waals surface area contributed by atoms with Crippen molar-refractivity contribution in [3.05, 3.63) is 12.2 Å². The van der Waals surface area contributed by atoms with Gasteiger partial charge in [0.05, 0.1) is 0 Å². The van der Waals surface area contributed by atoms with Crippen LogP contribution in [0, 0.1) is 0 Å². The van der Waals surface area contributed by atoms with E-state index < -0.39 is 11.9 Å². The van der Waals surface area contributed by atoms with Gasteiger partial charge in [-0.2, -0.15) is 0 Å². The summed E-state index contributed by atoms with van der Waals surface area (Å²) in [6.45, 7) is 0. The van der Waals surface area contributed by atoms with Crippen LogP contribution in [0.1, 0.15) is 0 Å². The molecule has 0 fully saturated rings. The highest BCUT2D eigenvalue weighted by Crippen LogP contribution is 1.70. The molecular weight excluding hydrogens is 140 g/mol. The third kappa shape index (κ3) is 16.0. The van der Waals surface area contributed by atoms with Crippen molar-refractivity contribution in [3.63, 3.8) is 0 Å². The first kappa shape index (κ1) is 11.4. The van der Waals surface area contributed by atoms with Gasteiger partial charge in [-0.25, -0.2) is 9.59 Å². The zero-order chi connectivity index (χ0) is 8.57. The lowest BCUT2D eigenvalue weighted by molar-refractivity contribution is -0.134. The molecule has 0 aliphatic carbocycles. The SMILES string of the molecule is NN.O=C(O)/C=C\C(=O)O. The van der Waals surface area contributed by atoms with Crippen molar-refractivity contribution in [2.24, 2.45) is 11.7 Å². The molecule has 0 heterocycles. The van der Waals surface area contributed by atoms with Crippen LogP contribution in [-0.4, -0.2) is 22.2 Å². The monoisotopic (exact) mass is 148 g/mol. The molecule has 58 valence electrons. The predicted octanol–water partition coefficient (Wildman–Crippen LogP) is -1.47. The quantitative estimate of drug-likeness (QED) is 0.215. The maximum absolute atomic E-state index is 9.55. The number of rotatable bonds is 2. The minimum atomic E-state index is -1.26. The fourth-order valence-electron chi connectivity index (χ4n) is 0.143. The lowest BCUT2D eigenvalue weighted by atomic mass is 10.5. The Morgan fingerprint density at radius 1 is 1.00 bits per heavy atom. The maximum atomic E-state index is 9.55. The zero-order valence-corrected chi connectivity index (χ0v) is 5.02. The van der Waals surface area contributed by atoms with Gasteiger partial charge in [0.25, 0.3) is 0 Å². The summed E-state index contributed by atoms with van der Waals surface area (Å²) in [5.41, 5.74) is 0. The Balaban J connectivity index is 0. The van der Waals surface area contributed by atoms with E-state index in [9.17, 15) is 9.59 Å². The summed E-state index contributed by atoms with van der Waals surface area (Å²) >= 11 is 0. The van der Waals surface area contributed by atoms with Crippen molar-refractivity contribution in [1.29, 1.82) is 0 Å². The first-order valence-electron chi connectivity index (χ1n) is 2.10. The van der Waals surface area contributed by atoms with Gasteiger partial charge in [-0.15, -0.1) is 0 Å². The molecule has 6 N–H and O–H groups in total. The number of aliphatic carboxylic acids is 2. The van der Waals surface area contributed by atoms with Crippen molar-refractivity contribution in [2.75, 3.05) is 0 Å². The minimum absolute atomic E-state index is 0.558. The Hall–Kier alpha value is -1.40. The van der Waals surface area contributed by atoms with E-state index >= 15 is 0 Å². The van der Waals surface area contributed by atoms with Gasteiger partial charge in [0, 0.05) is 12.2 Å². The summed E-state index contributed by atoms with van der Waals surface area (Å²) in [5.74, 6) is 5.49. The van der Waals surface area contributed by atoms with E-state index in [1.807, 2.05) is 0 Å². The smallest absolute Gasteiger partial charge is 0.328 e. The van der Waals surface area contributed by atoms with Crippen molar-refractivity contribution < 1.29 is 19.8 Å². The van der Waals surface area contributed by atoms with E-state index in [1.165, 1.54) is 0 Å². The van der Waals surface area contributed by atoms with E-state index in [-0.39, 0.29) is 0 Å². The van der Waals surface area contributed by atoms with Gasteiger partial charge in [0.2, 0.25) is 0 Å². The molecule has 10 heavy (non-hydrogen) atoms. The number of carbonyl (C=O) groups is 2. The highest BCUT2D eigenvalue weighted by atomic mass is 16.4. The van der Waals surface area contributed by atoms with Gasteiger partial charge in [0.15, 0.2) is 0 Å². The number of hydrogen-bond acceptors (Lipinski definition) is 4. The van der Waals surface area contributed by atoms with Crippen LogP contribution in [0.15, 0.2) is 12.2 Å². The molecular formula is C4H8N2O4. The number of carboxylic acids is 2. The molecule has 0 aromatic rings. The van der Waals surface area contributed by atoms with Crippen molar-refractivity contribution >= 4 is 11.9 Å². The summed E-state index contributed by atoms with van der Waals surface area (Å²) in [6, 6.07) is 0. The second-order valence-electron chi connectivity index (χ2n) is 1.01. The van der Waals surface area contributed by atoms with Crippen LogP contribution in [0.3, 0.4) is 0 Å². The largest absolute Gasteiger partial charge is 0.478 e. The standard InChI is InChI=1S/C4H4O4.H4N2/c5-3(6)1-2-4(7)8;1-2/h1-2H,(H,5,6)(H,7,8);1-2H2/b2-1-;. The Morgan fingerprint density at radius 2 is 1.20 bits per heavy atom. The average molecular weight is 148 g/mol. The second-order valence-corrected chi connectivity index (χ2v) is 1.01. The van der Waals surface area contributed by atoms with E-state index in [0.29, 0.717) is 12.2 Å². The Bertz CT molecular complexity index is 126. The number of hydrogen-bond donors (Lipinski definition) is 4. The highest BCUT2D eigenvalue weighted by molar-refractivity contribution is 5.89. The molecule has 0 aromatic carbocycles. The highest BCUT2D eigenvalue weighted by Gasteiger charge is 1.88. The molecule has 0 saturated heterocycles. The molecule has 0 aliphatic heterocycles. The van der Waals surface area contributed by atoms with Crippen LogP contribution >= 0.6 is 0 Å². The van der Waals surface area contributed by atoms with Crippen LogP contribution in [0.2, 0.25) is 0 Å². The Kier molecular flexibility index (Phi) is 8.67. The normalized spacial score (nSPS) is 8.20. The van der Waals surface area contributed by atoms with Gasteiger partial charge in [-0.1, -0.05) is 0 Å². The van der Waals surface area contributed by atoms with Crippen LogP contribution in [0.25, 0.3) is 0 Å². The van der Waals surface area contributed by atoms with Crippen LogP contribution in [0.4, 0.5) is 0 Å².